The van der Waals surface area contributed by atoms with Crippen LogP contribution in [0.25, 0.3) is 0 Å². The number of hydrogen-bond acceptors (Lipinski definition) is 8. The number of rotatable bonds is 12. The number of furan rings is 1. The first-order valence-electron chi connectivity index (χ1n) is 10.6. The highest BCUT2D eigenvalue weighted by atomic mass is 32.2. The fourth-order valence-electron chi connectivity index (χ4n) is 3.23. The van der Waals surface area contributed by atoms with E-state index in [1.54, 1.807) is 18.0 Å². The topological polar surface area (TPSA) is 90.3 Å². The fourth-order valence-corrected chi connectivity index (χ4v) is 3.99. The number of anilines is 1. The lowest BCUT2D eigenvalue weighted by molar-refractivity contribution is 0.343. The molecule has 2 N–H and O–H groups in total. The fraction of sp³-hybridized carbons (Fsp3) is 0.435. The SMILES string of the molecule is CN(C)Cc1ccnc(CSCCNc2ncc(Cc3ccc(CN(C)C)o3)c(=O)[nH]2)c1. The van der Waals surface area contributed by atoms with Crippen LogP contribution < -0.4 is 10.9 Å². The highest BCUT2D eigenvalue weighted by Crippen LogP contribution is 2.14. The molecule has 32 heavy (non-hydrogen) atoms. The molecule has 0 fully saturated rings. The Morgan fingerprint density at radius 1 is 1.06 bits per heavy atom. The van der Waals surface area contributed by atoms with Gasteiger partial charge in [-0.15, -0.1) is 0 Å². The van der Waals surface area contributed by atoms with Crippen molar-refractivity contribution < 1.29 is 4.42 Å². The first-order valence-corrected chi connectivity index (χ1v) is 11.7. The second-order valence-electron chi connectivity index (χ2n) is 8.24. The molecule has 0 aliphatic rings. The van der Waals surface area contributed by atoms with E-state index in [9.17, 15) is 4.79 Å². The van der Waals surface area contributed by atoms with Crippen molar-refractivity contribution in [2.45, 2.75) is 25.3 Å². The third-order valence-corrected chi connectivity index (χ3v) is 5.59. The predicted molar refractivity (Wildman–Crippen MR) is 130 cm³/mol. The molecule has 0 unspecified atom stereocenters. The molecule has 8 nitrogen and oxygen atoms in total. The van der Waals surface area contributed by atoms with Gasteiger partial charge in [-0.2, -0.15) is 11.8 Å². The van der Waals surface area contributed by atoms with Crippen LogP contribution in [0, 0.1) is 0 Å². The number of aromatic nitrogens is 3. The zero-order valence-electron chi connectivity index (χ0n) is 19.2. The van der Waals surface area contributed by atoms with E-state index in [1.807, 2.05) is 37.3 Å². The molecular formula is C23H32N6O2S. The summed E-state index contributed by atoms with van der Waals surface area (Å²) in [6, 6.07) is 8.06. The van der Waals surface area contributed by atoms with Crippen LogP contribution in [0.4, 0.5) is 5.95 Å². The van der Waals surface area contributed by atoms with Crippen LogP contribution in [0.2, 0.25) is 0 Å². The summed E-state index contributed by atoms with van der Waals surface area (Å²) < 4.78 is 5.79. The Bertz CT molecular complexity index is 1050. The van der Waals surface area contributed by atoms with E-state index in [0.717, 1.165) is 41.8 Å². The van der Waals surface area contributed by atoms with Crippen LogP contribution in [0.3, 0.4) is 0 Å². The van der Waals surface area contributed by atoms with Crippen molar-refractivity contribution in [1.82, 2.24) is 24.8 Å². The maximum Gasteiger partial charge on any atom is 0.255 e. The summed E-state index contributed by atoms with van der Waals surface area (Å²) >= 11 is 1.79. The summed E-state index contributed by atoms with van der Waals surface area (Å²) in [6.45, 7) is 2.34. The van der Waals surface area contributed by atoms with E-state index >= 15 is 0 Å². The summed E-state index contributed by atoms with van der Waals surface area (Å²) in [6.07, 6.45) is 3.91. The standard InChI is InChI=1S/C23H32N6O2S/c1-28(2)14-17-7-8-24-19(11-17)16-32-10-9-25-23-26-13-18(22(30)27-23)12-20-5-6-21(31-20)15-29(3)4/h5-8,11,13H,9-10,12,14-16H2,1-4H3,(H2,25,26,27,30). The molecule has 172 valence electrons. The highest BCUT2D eigenvalue weighted by Gasteiger charge is 2.08. The van der Waals surface area contributed by atoms with Gasteiger partial charge < -0.3 is 19.5 Å². The quantitative estimate of drug-likeness (QED) is 0.402. The van der Waals surface area contributed by atoms with Crippen molar-refractivity contribution in [3.63, 3.8) is 0 Å². The largest absolute Gasteiger partial charge is 0.464 e. The first kappa shape index (κ1) is 24.0. The molecule has 0 radical (unpaired) electrons. The molecular weight excluding hydrogens is 424 g/mol. The maximum absolute atomic E-state index is 12.4. The molecule has 0 bridgehead atoms. The Hall–Kier alpha value is -2.62. The van der Waals surface area contributed by atoms with E-state index in [2.05, 4.69) is 51.4 Å². The number of H-pyrrole nitrogens is 1. The van der Waals surface area contributed by atoms with Gasteiger partial charge in [0.15, 0.2) is 0 Å². The minimum absolute atomic E-state index is 0.150. The van der Waals surface area contributed by atoms with Crippen LogP contribution >= 0.6 is 11.8 Å². The van der Waals surface area contributed by atoms with Gasteiger partial charge in [0.2, 0.25) is 5.95 Å². The van der Waals surface area contributed by atoms with Gasteiger partial charge in [-0.1, -0.05) is 0 Å². The lowest BCUT2D eigenvalue weighted by Gasteiger charge is -2.10. The number of hydrogen-bond donors (Lipinski definition) is 2. The van der Waals surface area contributed by atoms with E-state index in [1.165, 1.54) is 5.56 Å². The molecule has 0 aliphatic carbocycles. The van der Waals surface area contributed by atoms with Gasteiger partial charge in [0.05, 0.1) is 12.2 Å². The number of pyridine rings is 1. The van der Waals surface area contributed by atoms with E-state index < -0.39 is 0 Å². The molecule has 0 spiro atoms. The summed E-state index contributed by atoms with van der Waals surface area (Å²) in [4.78, 5) is 28.2. The summed E-state index contributed by atoms with van der Waals surface area (Å²) in [5, 5.41) is 3.18. The van der Waals surface area contributed by atoms with Crippen molar-refractivity contribution in [2.75, 3.05) is 45.8 Å². The Morgan fingerprint density at radius 3 is 2.59 bits per heavy atom. The molecule has 9 heteroatoms. The van der Waals surface area contributed by atoms with Crippen molar-refractivity contribution >= 4 is 17.7 Å². The zero-order chi connectivity index (χ0) is 22.9. The third-order valence-electron chi connectivity index (χ3n) is 4.60. The van der Waals surface area contributed by atoms with Gasteiger partial charge in [-0.25, -0.2) is 4.98 Å². The van der Waals surface area contributed by atoms with E-state index in [-0.39, 0.29) is 5.56 Å². The molecule has 3 aromatic rings. The monoisotopic (exact) mass is 456 g/mol. The van der Waals surface area contributed by atoms with Gasteiger partial charge in [0, 0.05) is 49.0 Å². The minimum atomic E-state index is -0.150. The lowest BCUT2D eigenvalue weighted by Crippen LogP contribution is -2.18. The molecule has 3 rings (SSSR count). The summed E-state index contributed by atoms with van der Waals surface area (Å²) in [7, 11) is 8.10. The lowest BCUT2D eigenvalue weighted by atomic mass is 10.2. The van der Waals surface area contributed by atoms with Crippen molar-refractivity contribution in [1.29, 1.82) is 0 Å². The molecule has 0 atom stereocenters. The second-order valence-corrected chi connectivity index (χ2v) is 9.35. The molecule has 0 aliphatic heterocycles. The summed E-state index contributed by atoms with van der Waals surface area (Å²) in [5.74, 6) is 3.86. The van der Waals surface area contributed by atoms with Crippen LogP contribution in [0.15, 0.2) is 45.9 Å². The third kappa shape index (κ3) is 7.81. The zero-order valence-corrected chi connectivity index (χ0v) is 20.0. The number of nitrogens with zero attached hydrogens (tertiary/aromatic N) is 4. The Labute approximate surface area is 193 Å². The van der Waals surface area contributed by atoms with Gasteiger partial charge >= 0.3 is 0 Å². The maximum atomic E-state index is 12.4. The van der Waals surface area contributed by atoms with E-state index in [0.29, 0.717) is 24.5 Å². The predicted octanol–water partition coefficient (Wildman–Crippen LogP) is 2.82. The van der Waals surface area contributed by atoms with Crippen molar-refractivity contribution in [3.05, 3.63) is 75.4 Å². The number of aromatic amines is 1. The first-order chi connectivity index (χ1) is 15.4. The van der Waals surface area contributed by atoms with Crippen molar-refractivity contribution in [3.8, 4) is 0 Å². The van der Waals surface area contributed by atoms with Gasteiger partial charge in [0.1, 0.15) is 11.5 Å². The van der Waals surface area contributed by atoms with Gasteiger partial charge in [-0.3, -0.25) is 14.8 Å². The molecule has 3 aromatic heterocycles. The van der Waals surface area contributed by atoms with Gasteiger partial charge in [-0.05, 0) is 58.0 Å². The minimum Gasteiger partial charge on any atom is -0.464 e. The highest BCUT2D eigenvalue weighted by molar-refractivity contribution is 7.98. The Balaban J connectivity index is 1.43. The number of nitrogens with one attached hydrogen (secondary N) is 2. The molecule has 0 saturated carbocycles. The smallest absolute Gasteiger partial charge is 0.255 e. The van der Waals surface area contributed by atoms with Crippen LogP contribution in [0.5, 0.6) is 0 Å². The van der Waals surface area contributed by atoms with Crippen LogP contribution in [-0.4, -0.2) is 65.2 Å². The van der Waals surface area contributed by atoms with Gasteiger partial charge in [0.25, 0.3) is 5.56 Å². The van der Waals surface area contributed by atoms with Crippen molar-refractivity contribution in [2.24, 2.45) is 0 Å². The average Bonchev–Trinajstić information content (AvgIpc) is 3.15. The average molecular weight is 457 g/mol. The second kappa shape index (κ2) is 11.8. The molecule has 0 aromatic carbocycles. The Kier molecular flexibility index (Phi) is 8.90. The summed E-state index contributed by atoms with van der Waals surface area (Å²) in [5.41, 5.74) is 2.78. The molecule has 0 amide bonds. The van der Waals surface area contributed by atoms with E-state index in [4.69, 9.17) is 4.42 Å². The van der Waals surface area contributed by atoms with Crippen LogP contribution in [-0.2, 0) is 25.3 Å². The molecule has 0 saturated heterocycles. The van der Waals surface area contributed by atoms with Crippen LogP contribution in [0.1, 0.15) is 28.3 Å². The normalized spacial score (nSPS) is 11.4. The number of thioether (sulfide) groups is 1. The Morgan fingerprint density at radius 2 is 1.84 bits per heavy atom. The molecule has 3 heterocycles.